The molecule has 0 aromatic carbocycles. The average molecular weight is 207 g/mol. The average Bonchev–Trinajstić information content (AvgIpc) is 1.88. The molecule has 0 unspecified atom stereocenters. The van der Waals surface area contributed by atoms with Crippen LogP contribution in [0.1, 0.15) is 12.6 Å². The SMILES string of the molecule is CCc1ccc[c]([Zn+])n1.[Cl-]. The van der Waals surface area contributed by atoms with Gasteiger partial charge in [0.05, 0.1) is 0 Å². The molecule has 10 heavy (non-hydrogen) atoms. The second-order valence-electron chi connectivity index (χ2n) is 1.97. The van der Waals surface area contributed by atoms with Crippen molar-refractivity contribution < 1.29 is 30.7 Å². The van der Waals surface area contributed by atoms with Crippen molar-refractivity contribution in [3.8, 4) is 0 Å². The van der Waals surface area contributed by atoms with Crippen LogP contribution in [0.2, 0.25) is 0 Å². The van der Waals surface area contributed by atoms with Crippen LogP contribution in [-0.2, 0) is 24.7 Å². The predicted molar refractivity (Wildman–Crippen MR) is 33.2 cm³/mol. The molecule has 3 heteroatoms. The Morgan fingerprint density at radius 3 is 2.60 bits per heavy atom. The van der Waals surface area contributed by atoms with Gasteiger partial charge in [-0.15, -0.1) is 0 Å². The summed E-state index contributed by atoms with van der Waals surface area (Å²) in [5, 5.41) is 0. The van der Waals surface area contributed by atoms with Gasteiger partial charge in [0.1, 0.15) is 0 Å². The second-order valence-corrected chi connectivity index (χ2v) is 3.49. The molecule has 50 valence electrons. The molecule has 1 heterocycles. The molecule has 0 saturated heterocycles. The van der Waals surface area contributed by atoms with Crippen molar-refractivity contribution in [3.05, 3.63) is 23.9 Å². The van der Waals surface area contributed by atoms with E-state index in [4.69, 9.17) is 0 Å². The van der Waals surface area contributed by atoms with Gasteiger partial charge in [-0.2, -0.15) is 0 Å². The fourth-order valence-electron chi connectivity index (χ4n) is 0.726. The van der Waals surface area contributed by atoms with Crippen molar-refractivity contribution in [2.24, 2.45) is 0 Å². The zero-order chi connectivity index (χ0) is 6.69. The third-order valence-electron chi connectivity index (χ3n) is 1.23. The maximum atomic E-state index is 4.35. The largest absolute Gasteiger partial charge is 1.00 e. The summed E-state index contributed by atoms with van der Waals surface area (Å²) in [5.41, 5.74) is 1.21. The number of hydrogen-bond acceptors (Lipinski definition) is 1. The first-order chi connectivity index (χ1) is 4.33. The van der Waals surface area contributed by atoms with Crippen molar-refractivity contribution in [3.63, 3.8) is 0 Å². The molecule has 1 aromatic heterocycles. The monoisotopic (exact) mass is 205 g/mol. The van der Waals surface area contributed by atoms with E-state index >= 15 is 0 Å². The summed E-state index contributed by atoms with van der Waals surface area (Å²) in [7, 11) is 0. The number of halogens is 1. The minimum atomic E-state index is 0. The molecular formula is C7H8ClNZn. The normalized spacial score (nSPS) is 8.70. The van der Waals surface area contributed by atoms with Crippen LogP contribution >= 0.6 is 0 Å². The number of rotatable bonds is 1. The van der Waals surface area contributed by atoms with Crippen LogP contribution in [0.25, 0.3) is 0 Å². The van der Waals surface area contributed by atoms with Crippen LogP contribution in [-0.4, -0.2) is 4.98 Å². The van der Waals surface area contributed by atoms with E-state index in [2.05, 4.69) is 30.1 Å². The Balaban J connectivity index is 0.000000810. The number of hydrogen-bond donors (Lipinski definition) is 0. The molecule has 0 bridgehead atoms. The molecule has 0 aliphatic rings. The van der Waals surface area contributed by atoms with E-state index in [1.54, 1.807) is 0 Å². The van der Waals surface area contributed by atoms with Crippen molar-refractivity contribution in [2.45, 2.75) is 13.3 Å². The fraction of sp³-hybridized carbons (Fsp3) is 0.286. The zero-order valence-corrected chi connectivity index (χ0v) is 9.69. The van der Waals surface area contributed by atoms with Gasteiger partial charge in [-0.1, -0.05) is 0 Å². The first-order valence-corrected chi connectivity index (χ1v) is 4.59. The first-order valence-electron chi connectivity index (χ1n) is 3.11. The molecule has 0 aliphatic heterocycles. The summed E-state index contributed by atoms with van der Waals surface area (Å²) in [5.74, 6) is 0. The quantitative estimate of drug-likeness (QED) is 0.477. The summed E-state index contributed by atoms with van der Waals surface area (Å²) >= 11 is 1.16. The summed E-state index contributed by atoms with van der Waals surface area (Å²) in [6, 6.07) is 6.21. The zero-order valence-electron chi connectivity index (χ0n) is 5.97. The number of aromatic nitrogens is 1. The van der Waals surface area contributed by atoms with Crippen molar-refractivity contribution >= 4 is 4.29 Å². The second kappa shape index (κ2) is 4.81. The molecule has 0 radical (unpaired) electrons. The van der Waals surface area contributed by atoms with Crippen LogP contribution in [0.4, 0.5) is 0 Å². The molecule has 0 amide bonds. The topological polar surface area (TPSA) is 12.9 Å². The molecule has 0 atom stereocenters. The number of aryl methyl sites for hydroxylation is 1. The van der Waals surface area contributed by atoms with Gasteiger partial charge < -0.3 is 12.4 Å². The van der Waals surface area contributed by atoms with Crippen LogP contribution in [0.5, 0.6) is 0 Å². The third-order valence-corrected chi connectivity index (χ3v) is 2.05. The smallest absolute Gasteiger partial charge is 1.00 e. The Morgan fingerprint density at radius 1 is 1.50 bits per heavy atom. The van der Waals surface area contributed by atoms with Crippen molar-refractivity contribution in [1.82, 2.24) is 4.98 Å². The number of pyridine rings is 1. The van der Waals surface area contributed by atoms with Gasteiger partial charge in [0.2, 0.25) is 0 Å². The maximum absolute atomic E-state index is 4.35. The van der Waals surface area contributed by atoms with Crippen LogP contribution < -0.4 is 16.7 Å². The molecular weight excluding hydrogens is 199 g/mol. The molecule has 1 aromatic rings. The van der Waals surface area contributed by atoms with E-state index in [0.29, 0.717) is 0 Å². The summed E-state index contributed by atoms with van der Waals surface area (Å²) in [6.07, 6.45) is 1.05. The van der Waals surface area contributed by atoms with Crippen molar-refractivity contribution in [2.75, 3.05) is 0 Å². The molecule has 0 spiro atoms. The minimum absolute atomic E-state index is 0. The Kier molecular flexibility index (Phi) is 4.84. The first kappa shape index (κ1) is 10.1. The third kappa shape index (κ3) is 2.76. The van der Waals surface area contributed by atoms with Gasteiger partial charge in [0.15, 0.2) is 0 Å². The minimum Gasteiger partial charge on any atom is -1.00 e. The standard InChI is InChI=1S/C7H8N.ClH.Zn/c1-2-7-5-3-4-6-8-7;;/h3-5H,2H2,1H3;1H;/q;;+1/p-1. The van der Waals surface area contributed by atoms with E-state index in [1.165, 1.54) is 9.98 Å². The molecule has 0 fully saturated rings. The van der Waals surface area contributed by atoms with Gasteiger partial charge in [-0.25, -0.2) is 0 Å². The van der Waals surface area contributed by atoms with Crippen molar-refractivity contribution in [1.29, 1.82) is 0 Å². The van der Waals surface area contributed by atoms with Gasteiger partial charge in [0.25, 0.3) is 0 Å². The van der Waals surface area contributed by atoms with E-state index in [1.807, 2.05) is 0 Å². The summed E-state index contributed by atoms with van der Waals surface area (Å²) < 4.78 is 1.23. The fourth-order valence-corrected chi connectivity index (χ4v) is 1.44. The van der Waals surface area contributed by atoms with Gasteiger partial charge in [-0.05, 0) is 0 Å². The van der Waals surface area contributed by atoms with Gasteiger partial charge >= 0.3 is 64.8 Å². The van der Waals surface area contributed by atoms with Crippen LogP contribution in [0.3, 0.4) is 0 Å². The van der Waals surface area contributed by atoms with E-state index in [0.717, 1.165) is 24.7 Å². The molecule has 0 aliphatic carbocycles. The van der Waals surface area contributed by atoms with E-state index in [-0.39, 0.29) is 12.4 Å². The van der Waals surface area contributed by atoms with E-state index < -0.39 is 0 Å². The molecule has 0 N–H and O–H groups in total. The molecule has 1 rings (SSSR count). The summed E-state index contributed by atoms with van der Waals surface area (Å²) in [6.45, 7) is 2.13. The van der Waals surface area contributed by atoms with E-state index in [9.17, 15) is 0 Å². The Bertz CT molecular complexity index is 203. The van der Waals surface area contributed by atoms with Crippen LogP contribution in [0.15, 0.2) is 18.2 Å². The maximum Gasteiger partial charge on any atom is -1.00 e. The molecule has 0 saturated carbocycles. The Labute approximate surface area is 77.3 Å². The summed E-state index contributed by atoms with van der Waals surface area (Å²) in [4.78, 5) is 4.35. The van der Waals surface area contributed by atoms with Crippen LogP contribution in [0, 0.1) is 0 Å². The Hall–Kier alpha value is 0.0634. The molecule has 1 nitrogen and oxygen atoms in total. The number of nitrogens with zero attached hydrogens (tertiary/aromatic N) is 1. The Morgan fingerprint density at radius 2 is 2.20 bits per heavy atom. The predicted octanol–water partition coefficient (Wildman–Crippen LogP) is -2.18. The van der Waals surface area contributed by atoms with Gasteiger partial charge in [-0.3, -0.25) is 0 Å². The van der Waals surface area contributed by atoms with Gasteiger partial charge in [0, 0.05) is 0 Å².